The average molecular weight is 395 g/mol. The second-order valence-electron chi connectivity index (χ2n) is 2.26. The minimum absolute atomic E-state index is 0.0254. The molecule has 0 spiro atoms. The van der Waals surface area contributed by atoms with Gasteiger partial charge in [0.1, 0.15) is 0 Å². The summed E-state index contributed by atoms with van der Waals surface area (Å²) < 4.78 is 12.7. The summed E-state index contributed by atoms with van der Waals surface area (Å²) in [5, 5.41) is -0.0254. The van der Waals surface area contributed by atoms with Crippen molar-refractivity contribution in [3.05, 3.63) is 25.6 Å². The van der Waals surface area contributed by atoms with Crippen LogP contribution in [0.2, 0.25) is 0 Å². The zero-order chi connectivity index (χ0) is 10.2. The molecular formula is C6H4Br3O3P. The molecule has 2 N–H and O–H groups in total. The highest BCUT2D eigenvalue weighted by Crippen LogP contribution is 2.39. The van der Waals surface area contributed by atoms with Gasteiger partial charge < -0.3 is 9.79 Å². The summed E-state index contributed by atoms with van der Waals surface area (Å²) in [6, 6.07) is 2.97. The van der Waals surface area contributed by atoms with Gasteiger partial charge in [-0.3, -0.25) is 4.57 Å². The molecule has 0 aliphatic rings. The molecule has 1 rings (SSSR count). The number of benzene rings is 1. The zero-order valence-corrected chi connectivity index (χ0v) is 11.7. The summed E-state index contributed by atoms with van der Waals surface area (Å²) in [4.78, 5) is 17.9. The Kier molecular flexibility index (Phi) is 3.77. The maximum atomic E-state index is 10.9. The maximum Gasteiger partial charge on any atom is 0.357 e. The van der Waals surface area contributed by atoms with Gasteiger partial charge in [0.15, 0.2) is 0 Å². The Morgan fingerprint density at radius 3 is 1.92 bits per heavy atom. The first-order chi connectivity index (χ1) is 5.82. The Bertz CT molecular complexity index is 387. The number of hydrogen-bond donors (Lipinski definition) is 2. The van der Waals surface area contributed by atoms with Crippen LogP contribution in [0.3, 0.4) is 0 Å². The van der Waals surface area contributed by atoms with E-state index in [1.54, 1.807) is 6.07 Å². The molecule has 72 valence electrons. The molecule has 13 heavy (non-hydrogen) atoms. The summed E-state index contributed by atoms with van der Waals surface area (Å²) in [5.74, 6) is 0. The van der Waals surface area contributed by atoms with Crippen LogP contribution in [0.1, 0.15) is 0 Å². The van der Waals surface area contributed by atoms with Gasteiger partial charge in [-0.15, -0.1) is 0 Å². The van der Waals surface area contributed by atoms with Crippen molar-refractivity contribution < 1.29 is 14.4 Å². The van der Waals surface area contributed by atoms with E-state index in [0.29, 0.717) is 8.95 Å². The van der Waals surface area contributed by atoms with Crippen molar-refractivity contribution >= 4 is 60.7 Å². The van der Waals surface area contributed by atoms with Gasteiger partial charge in [-0.2, -0.15) is 0 Å². The largest absolute Gasteiger partial charge is 0.357 e. The molecule has 0 unspecified atom stereocenters. The summed E-state index contributed by atoms with van der Waals surface area (Å²) in [5.41, 5.74) is 0. The highest BCUT2D eigenvalue weighted by Gasteiger charge is 2.21. The van der Waals surface area contributed by atoms with Gasteiger partial charge in [-0.1, -0.05) is 0 Å². The Hall–Kier alpha value is 0.810. The Balaban J connectivity index is 3.41. The lowest BCUT2D eigenvalue weighted by molar-refractivity contribution is 0.387. The third-order valence-corrected chi connectivity index (χ3v) is 5.11. The van der Waals surface area contributed by atoms with Crippen LogP contribution in [-0.2, 0) is 4.57 Å². The van der Waals surface area contributed by atoms with E-state index in [1.807, 2.05) is 0 Å². The summed E-state index contributed by atoms with van der Waals surface area (Å²) in [7, 11) is -4.20. The van der Waals surface area contributed by atoms with E-state index < -0.39 is 7.60 Å². The normalized spacial score (nSPS) is 11.8. The molecule has 1 aromatic rings. The Morgan fingerprint density at radius 1 is 1.00 bits per heavy atom. The molecule has 0 radical (unpaired) electrons. The number of rotatable bonds is 1. The molecule has 3 nitrogen and oxygen atoms in total. The van der Waals surface area contributed by atoms with Gasteiger partial charge >= 0.3 is 7.60 Å². The Labute approximate surface area is 100 Å². The van der Waals surface area contributed by atoms with Crippen LogP contribution >= 0.6 is 55.4 Å². The fourth-order valence-electron chi connectivity index (χ4n) is 0.735. The molecule has 0 amide bonds. The van der Waals surface area contributed by atoms with Crippen molar-refractivity contribution in [3.63, 3.8) is 0 Å². The Morgan fingerprint density at radius 2 is 1.46 bits per heavy atom. The van der Waals surface area contributed by atoms with Crippen LogP contribution in [0, 0.1) is 0 Å². The van der Waals surface area contributed by atoms with Crippen molar-refractivity contribution in [3.8, 4) is 0 Å². The molecule has 0 atom stereocenters. The number of halogens is 3. The first kappa shape index (κ1) is 11.9. The lowest BCUT2D eigenvalue weighted by Crippen LogP contribution is -2.05. The van der Waals surface area contributed by atoms with Crippen LogP contribution in [0.25, 0.3) is 0 Å². The van der Waals surface area contributed by atoms with Crippen molar-refractivity contribution in [1.29, 1.82) is 0 Å². The van der Waals surface area contributed by atoms with Gasteiger partial charge in [0.25, 0.3) is 0 Å². The second-order valence-corrected chi connectivity index (χ2v) is 6.39. The first-order valence-corrected chi connectivity index (χ1v) is 7.02. The minimum Gasteiger partial charge on any atom is -0.321 e. The second kappa shape index (κ2) is 4.13. The molecule has 0 aliphatic heterocycles. The third kappa shape index (κ3) is 2.88. The summed E-state index contributed by atoms with van der Waals surface area (Å²) in [6.45, 7) is 0. The number of hydrogen-bond acceptors (Lipinski definition) is 1. The highest BCUT2D eigenvalue weighted by atomic mass is 79.9. The van der Waals surface area contributed by atoms with E-state index in [4.69, 9.17) is 9.79 Å². The lowest BCUT2D eigenvalue weighted by atomic mass is 10.4. The molecule has 0 saturated heterocycles. The predicted molar refractivity (Wildman–Crippen MR) is 61.2 cm³/mol. The van der Waals surface area contributed by atoms with Gasteiger partial charge in [0.2, 0.25) is 0 Å². The van der Waals surface area contributed by atoms with Crippen molar-refractivity contribution in [1.82, 2.24) is 0 Å². The van der Waals surface area contributed by atoms with Crippen LogP contribution < -0.4 is 5.30 Å². The van der Waals surface area contributed by atoms with E-state index in [0.717, 1.165) is 4.47 Å². The van der Waals surface area contributed by atoms with Gasteiger partial charge in [0.05, 0.1) is 5.30 Å². The third-order valence-electron chi connectivity index (χ3n) is 1.30. The molecular weight excluding hydrogens is 391 g/mol. The van der Waals surface area contributed by atoms with Gasteiger partial charge in [0, 0.05) is 13.4 Å². The molecule has 0 aliphatic carbocycles. The summed E-state index contributed by atoms with van der Waals surface area (Å²) in [6.07, 6.45) is 0. The molecule has 0 fully saturated rings. The van der Waals surface area contributed by atoms with Crippen LogP contribution in [0.5, 0.6) is 0 Å². The fraction of sp³-hybridized carbons (Fsp3) is 0. The smallest absolute Gasteiger partial charge is 0.321 e. The molecule has 1 aromatic carbocycles. The molecule has 0 aromatic heterocycles. The monoisotopic (exact) mass is 392 g/mol. The van der Waals surface area contributed by atoms with E-state index in [-0.39, 0.29) is 5.30 Å². The van der Waals surface area contributed by atoms with E-state index in [9.17, 15) is 4.57 Å². The molecule has 0 bridgehead atoms. The van der Waals surface area contributed by atoms with Crippen molar-refractivity contribution in [2.75, 3.05) is 0 Å². The van der Waals surface area contributed by atoms with Crippen LogP contribution in [0.4, 0.5) is 0 Å². The highest BCUT2D eigenvalue weighted by molar-refractivity contribution is 9.13. The molecule has 7 heteroatoms. The van der Waals surface area contributed by atoms with E-state index >= 15 is 0 Å². The first-order valence-electron chi connectivity index (χ1n) is 3.03. The van der Waals surface area contributed by atoms with Crippen LogP contribution in [0.15, 0.2) is 25.6 Å². The standard InChI is InChI=1S/C6H4Br3O3P/c7-3-1-5(9)6(2-4(3)8)13(10,11)12/h1-2H,(H2,10,11,12). The lowest BCUT2D eigenvalue weighted by Gasteiger charge is -2.07. The van der Waals surface area contributed by atoms with E-state index in [1.165, 1.54) is 6.07 Å². The van der Waals surface area contributed by atoms with Gasteiger partial charge in [-0.05, 0) is 59.9 Å². The maximum absolute atomic E-state index is 10.9. The molecule has 0 heterocycles. The zero-order valence-electron chi connectivity index (χ0n) is 6.04. The SMILES string of the molecule is O=P(O)(O)c1cc(Br)c(Br)cc1Br. The minimum atomic E-state index is -4.20. The summed E-state index contributed by atoms with van der Waals surface area (Å²) >= 11 is 9.45. The quantitative estimate of drug-likeness (QED) is 0.569. The fourth-order valence-corrected chi connectivity index (χ4v) is 3.58. The van der Waals surface area contributed by atoms with Crippen LogP contribution in [-0.4, -0.2) is 9.79 Å². The topological polar surface area (TPSA) is 57.5 Å². The average Bonchev–Trinajstić information content (AvgIpc) is 1.94. The predicted octanol–water partition coefficient (Wildman–Crippen LogP) is 2.78. The van der Waals surface area contributed by atoms with E-state index in [2.05, 4.69) is 47.8 Å². The van der Waals surface area contributed by atoms with Gasteiger partial charge in [-0.25, -0.2) is 0 Å². The molecule has 0 saturated carbocycles. The van der Waals surface area contributed by atoms with Crippen molar-refractivity contribution in [2.45, 2.75) is 0 Å². The van der Waals surface area contributed by atoms with Crippen molar-refractivity contribution in [2.24, 2.45) is 0 Å².